The SMILES string of the molecule is Cn1cncc1-c1ccc(NC(=O)[C@@H](N)C(C2CCCCC2)C2CCCC2)cc1.[HH]. The van der Waals surface area contributed by atoms with Gasteiger partial charge in [-0.15, -0.1) is 0 Å². The molecule has 5 heteroatoms. The number of nitrogens with two attached hydrogens (primary N) is 1. The molecule has 1 aromatic heterocycles. The highest BCUT2D eigenvalue weighted by molar-refractivity contribution is 5.95. The summed E-state index contributed by atoms with van der Waals surface area (Å²) in [6, 6.07) is 7.54. The lowest BCUT2D eigenvalue weighted by molar-refractivity contribution is -0.119. The fourth-order valence-corrected chi connectivity index (χ4v) is 5.59. The first-order valence-corrected chi connectivity index (χ1v) is 11.3. The summed E-state index contributed by atoms with van der Waals surface area (Å²) in [5.74, 6) is 1.53. The molecule has 4 rings (SSSR count). The summed E-state index contributed by atoms with van der Waals surface area (Å²) < 4.78 is 1.99. The van der Waals surface area contributed by atoms with Gasteiger partial charge in [-0.1, -0.05) is 69.9 Å². The Morgan fingerprint density at radius 3 is 2.21 bits per heavy atom. The summed E-state index contributed by atoms with van der Waals surface area (Å²) in [4.78, 5) is 17.2. The van der Waals surface area contributed by atoms with E-state index in [-0.39, 0.29) is 7.33 Å². The molecule has 0 spiro atoms. The van der Waals surface area contributed by atoms with Crippen LogP contribution in [0.25, 0.3) is 11.3 Å². The van der Waals surface area contributed by atoms with Crippen LogP contribution < -0.4 is 11.1 Å². The number of nitrogens with zero attached hydrogens (tertiary/aromatic N) is 2. The van der Waals surface area contributed by atoms with Gasteiger partial charge in [0.2, 0.25) is 5.91 Å². The standard InChI is InChI=1S/C24H34N4O.H2/c1-28-16-26-15-21(28)17-11-13-20(14-12-17)27-24(29)23(25)22(19-9-5-6-10-19)18-7-3-2-4-8-18;/h11-16,18-19,22-23H,2-10,25H2,1H3,(H,27,29);1H/t22?,23-;/m0./s1. The van der Waals surface area contributed by atoms with Gasteiger partial charge in [0.05, 0.1) is 24.3 Å². The Labute approximate surface area is 175 Å². The predicted molar refractivity (Wildman–Crippen MR) is 119 cm³/mol. The maximum absolute atomic E-state index is 13.1. The van der Waals surface area contributed by atoms with E-state index < -0.39 is 6.04 Å². The number of aromatic nitrogens is 2. The monoisotopic (exact) mass is 396 g/mol. The van der Waals surface area contributed by atoms with Crippen molar-refractivity contribution in [3.8, 4) is 11.3 Å². The first-order valence-electron chi connectivity index (χ1n) is 11.3. The van der Waals surface area contributed by atoms with Crippen LogP contribution in [0.2, 0.25) is 0 Å². The van der Waals surface area contributed by atoms with Crippen molar-refractivity contribution in [3.05, 3.63) is 36.8 Å². The van der Waals surface area contributed by atoms with Gasteiger partial charge in [0.15, 0.2) is 0 Å². The van der Waals surface area contributed by atoms with Gasteiger partial charge in [-0.2, -0.15) is 0 Å². The van der Waals surface area contributed by atoms with Crippen LogP contribution in [-0.4, -0.2) is 21.5 Å². The third-order valence-electron chi connectivity index (χ3n) is 7.12. The second-order valence-corrected chi connectivity index (χ2v) is 9.00. The molecule has 3 N–H and O–H groups in total. The van der Waals surface area contributed by atoms with Crippen molar-refractivity contribution in [1.82, 2.24) is 9.55 Å². The van der Waals surface area contributed by atoms with E-state index in [1.807, 2.05) is 42.1 Å². The number of carbonyl (C=O) groups is 1. The maximum Gasteiger partial charge on any atom is 0.241 e. The highest BCUT2D eigenvalue weighted by atomic mass is 16.2. The molecule has 0 bridgehead atoms. The van der Waals surface area contributed by atoms with Crippen LogP contribution in [0.3, 0.4) is 0 Å². The molecule has 2 aromatic rings. The lowest BCUT2D eigenvalue weighted by Gasteiger charge is -2.37. The Morgan fingerprint density at radius 1 is 1.07 bits per heavy atom. The molecule has 0 radical (unpaired) electrons. The highest BCUT2D eigenvalue weighted by Gasteiger charge is 2.38. The van der Waals surface area contributed by atoms with Gasteiger partial charge in [-0.25, -0.2) is 4.98 Å². The summed E-state index contributed by atoms with van der Waals surface area (Å²) >= 11 is 0. The number of anilines is 1. The fourth-order valence-electron chi connectivity index (χ4n) is 5.59. The van der Waals surface area contributed by atoms with E-state index in [0.717, 1.165) is 16.9 Å². The van der Waals surface area contributed by atoms with E-state index in [0.29, 0.717) is 17.8 Å². The summed E-state index contributed by atoms with van der Waals surface area (Å²) in [5.41, 5.74) is 9.57. The number of amides is 1. The zero-order valence-electron chi connectivity index (χ0n) is 17.5. The van der Waals surface area contributed by atoms with Crippen LogP contribution in [-0.2, 0) is 11.8 Å². The van der Waals surface area contributed by atoms with Gasteiger partial charge < -0.3 is 15.6 Å². The predicted octanol–water partition coefficient (Wildman–Crippen LogP) is 4.99. The molecule has 158 valence electrons. The number of aryl methyl sites for hydroxylation is 1. The average Bonchev–Trinajstić information content (AvgIpc) is 3.42. The normalized spacial score (nSPS) is 20.5. The van der Waals surface area contributed by atoms with Gasteiger partial charge in [-0.3, -0.25) is 4.79 Å². The summed E-state index contributed by atoms with van der Waals surface area (Å²) in [6.45, 7) is 0. The molecule has 29 heavy (non-hydrogen) atoms. The Hall–Kier alpha value is -2.14. The van der Waals surface area contributed by atoms with Crippen LogP contribution in [0.15, 0.2) is 36.8 Å². The molecule has 2 aliphatic rings. The van der Waals surface area contributed by atoms with Gasteiger partial charge >= 0.3 is 0 Å². The second kappa shape index (κ2) is 9.12. The molecule has 2 atom stereocenters. The molecular weight excluding hydrogens is 360 g/mol. The van der Waals surface area contributed by atoms with Crippen LogP contribution >= 0.6 is 0 Å². The quantitative estimate of drug-likeness (QED) is 0.723. The molecule has 2 saturated carbocycles. The van der Waals surface area contributed by atoms with E-state index in [2.05, 4.69) is 10.3 Å². The van der Waals surface area contributed by atoms with Crippen LogP contribution in [0.1, 0.15) is 59.2 Å². The van der Waals surface area contributed by atoms with Gasteiger partial charge in [0, 0.05) is 14.2 Å². The van der Waals surface area contributed by atoms with E-state index in [4.69, 9.17) is 5.73 Å². The number of hydrogen-bond acceptors (Lipinski definition) is 3. The van der Waals surface area contributed by atoms with Gasteiger partial charge in [0.1, 0.15) is 0 Å². The summed E-state index contributed by atoms with van der Waals surface area (Å²) in [7, 11) is 1.98. The van der Waals surface area contributed by atoms with Crippen molar-refractivity contribution >= 4 is 11.6 Å². The first kappa shape index (κ1) is 20.1. The van der Waals surface area contributed by atoms with Crippen LogP contribution in [0, 0.1) is 17.8 Å². The van der Waals surface area contributed by atoms with Crippen molar-refractivity contribution in [1.29, 1.82) is 0 Å². The molecule has 1 amide bonds. The summed E-state index contributed by atoms with van der Waals surface area (Å²) in [5, 5.41) is 3.09. The van der Waals surface area contributed by atoms with Crippen molar-refractivity contribution in [3.63, 3.8) is 0 Å². The van der Waals surface area contributed by atoms with E-state index >= 15 is 0 Å². The van der Waals surface area contributed by atoms with Crippen molar-refractivity contribution in [2.75, 3.05) is 5.32 Å². The Bertz CT molecular complexity index is 807. The molecule has 2 aliphatic carbocycles. The molecule has 5 nitrogen and oxygen atoms in total. The van der Waals surface area contributed by atoms with E-state index in [9.17, 15) is 4.79 Å². The average molecular weight is 397 g/mol. The summed E-state index contributed by atoms with van der Waals surface area (Å²) in [6.07, 6.45) is 15.1. The number of nitrogens with one attached hydrogen (secondary N) is 1. The van der Waals surface area contributed by atoms with Crippen molar-refractivity contribution in [2.24, 2.45) is 30.5 Å². The topological polar surface area (TPSA) is 72.9 Å². The molecule has 2 fully saturated rings. The van der Waals surface area contributed by atoms with E-state index in [1.165, 1.54) is 57.8 Å². The number of rotatable bonds is 6. The zero-order chi connectivity index (χ0) is 20.2. The molecule has 1 unspecified atom stereocenters. The smallest absolute Gasteiger partial charge is 0.241 e. The minimum Gasteiger partial charge on any atom is -0.334 e. The molecule has 1 aromatic carbocycles. The zero-order valence-corrected chi connectivity index (χ0v) is 17.5. The third kappa shape index (κ3) is 4.55. The fraction of sp³-hybridized carbons (Fsp3) is 0.583. The Kier molecular flexibility index (Phi) is 6.34. The number of carbonyl (C=O) groups excluding carboxylic acids is 1. The number of imidazole rings is 1. The lowest BCUT2D eigenvalue weighted by atomic mass is 9.70. The molecule has 0 saturated heterocycles. The number of hydrogen-bond donors (Lipinski definition) is 2. The third-order valence-corrected chi connectivity index (χ3v) is 7.12. The molecule has 1 heterocycles. The van der Waals surface area contributed by atoms with Crippen molar-refractivity contribution in [2.45, 2.75) is 63.8 Å². The number of benzene rings is 1. The minimum atomic E-state index is -0.419. The Morgan fingerprint density at radius 2 is 1.66 bits per heavy atom. The van der Waals surface area contributed by atoms with Crippen LogP contribution in [0.5, 0.6) is 0 Å². The second-order valence-electron chi connectivity index (χ2n) is 9.00. The lowest BCUT2D eigenvalue weighted by Crippen LogP contribution is -2.47. The van der Waals surface area contributed by atoms with Gasteiger partial charge in [0.25, 0.3) is 0 Å². The molecular formula is C24H36N4O. The van der Waals surface area contributed by atoms with Crippen LogP contribution in [0.4, 0.5) is 5.69 Å². The Balaban J connectivity index is 0.00000256. The van der Waals surface area contributed by atoms with Crippen molar-refractivity contribution < 1.29 is 6.22 Å². The van der Waals surface area contributed by atoms with Gasteiger partial charge in [-0.05, 0) is 35.4 Å². The highest BCUT2D eigenvalue weighted by Crippen LogP contribution is 2.42. The largest absolute Gasteiger partial charge is 0.334 e. The molecule has 0 aliphatic heterocycles. The first-order chi connectivity index (χ1) is 14.1. The van der Waals surface area contributed by atoms with E-state index in [1.54, 1.807) is 6.33 Å². The minimum absolute atomic E-state index is 0. The maximum atomic E-state index is 13.1.